The molecule has 0 aliphatic carbocycles. The molecule has 34 heavy (non-hydrogen) atoms. The molecule has 2 aromatic carbocycles. The van der Waals surface area contributed by atoms with Crippen LogP contribution in [-0.4, -0.2) is 52.3 Å². The van der Waals surface area contributed by atoms with Gasteiger partial charge in [-0.2, -0.15) is 0 Å². The fourth-order valence-electron chi connectivity index (χ4n) is 4.01. The van der Waals surface area contributed by atoms with E-state index in [1.165, 1.54) is 11.8 Å². The highest BCUT2D eigenvalue weighted by Crippen LogP contribution is 2.27. The topological polar surface area (TPSA) is 73.4 Å². The first-order valence-corrected chi connectivity index (χ1v) is 12.7. The molecular formula is C25H25ClN4O3S. The van der Waals surface area contributed by atoms with Crippen molar-refractivity contribution in [3.63, 3.8) is 0 Å². The molecule has 0 amide bonds. The molecule has 0 bridgehead atoms. The normalized spacial score (nSPS) is 14.6. The number of rotatable bonds is 8. The molecule has 3 heterocycles. The van der Waals surface area contributed by atoms with E-state index in [0.29, 0.717) is 45.0 Å². The number of morpholine rings is 1. The van der Waals surface area contributed by atoms with Crippen LogP contribution in [0, 0.1) is 0 Å². The third kappa shape index (κ3) is 5.36. The number of aromatic nitrogens is 3. The Bertz CT molecular complexity index is 1330. The quantitative estimate of drug-likeness (QED) is 0.258. The number of para-hydroxylation sites is 1. The molecule has 4 aromatic rings. The molecule has 0 unspecified atom stereocenters. The predicted molar refractivity (Wildman–Crippen MR) is 134 cm³/mol. The predicted octanol–water partition coefficient (Wildman–Crippen LogP) is 4.72. The van der Waals surface area contributed by atoms with E-state index in [9.17, 15) is 4.79 Å². The van der Waals surface area contributed by atoms with Crippen LogP contribution in [0.1, 0.15) is 12.3 Å². The van der Waals surface area contributed by atoms with Crippen molar-refractivity contribution < 1.29 is 9.15 Å². The van der Waals surface area contributed by atoms with Gasteiger partial charge in [-0.05, 0) is 30.7 Å². The van der Waals surface area contributed by atoms with Crippen molar-refractivity contribution in [2.75, 3.05) is 32.8 Å². The Kier molecular flexibility index (Phi) is 7.30. The van der Waals surface area contributed by atoms with Crippen molar-refractivity contribution in [3.05, 3.63) is 76.0 Å². The van der Waals surface area contributed by atoms with Gasteiger partial charge in [0.1, 0.15) is 0 Å². The smallest absolute Gasteiger partial charge is 0.262 e. The molecule has 1 aliphatic rings. The summed E-state index contributed by atoms with van der Waals surface area (Å²) < 4.78 is 13.2. The zero-order valence-electron chi connectivity index (χ0n) is 18.7. The lowest BCUT2D eigenvalue weighted by Gasteiger charge is -2.26. The summed E-state index contributed by atoms with van der Waals surface area (Å²) in [6, 6.07) is 15.0. The number of hydrogen-bond acceptors (Lipinski definition) is 7. The summed E-state index contributed by atoms with van der Waals surface area (Å²) in [5.74, 6) is 1.70. The van der Waals surface area contributed by atoms with Gasteiger partial charge >= 0.3 is 0 Å². The van der Waals surface area contributed by atoms with Crippen LogP contribution in [0.5, 0.6) is 0 Å². The zero-order chi connectivity index (χ0) is 23.3. The fourth-order valence-corrected chi connectivity index (χ4v) is 5.08. The highest BCUT2D eigenvalue weighted by molar-refractivity contribution is 7.98. The number of oxazole rings is 1. The van der Waals surface area contributed by atoms with E-state index in [2.05, 4.69) is 9.88 Å². The molecule has 0 atom stereocenters. The number of hydrogen-bond donors (Lipinski definition) is 0. The van der Waals surface area contributed by atoms with Gasteiger partial charge in [0.2, 0.25) is 5.89 Å². The van der Waals surface area contributed by atoms with Crippen molar-refractivity contribution in [3.8, 4) is 11.3 Å². The van der Waals surface area contributed by atoms with Crippen molar-refractivity contribution in [1.29, 1.82) is 0 Å². The van der Waals surface area contributed by atoms with Crippen LogP contribution in [0.25, 0.3) is 22.2 Å². The van der Waals surface area contributed by atoms with Crippen LogP contribution in [0.15, 0.2) is 69.1 Å². The van der Waals surface area contributed by atoms with E-state index < -0.39 is 0 Å². The number of thioether (sulfide) groups is 1. The minimum atomic E-state index is -0.0119. The van der Waals surface area contributed by atoms with Crippen LogP contribution in [-0.2, 0) is 17.0 Å². The Balaban J connectivity index is 1.34. The largest absolute Gasteiger partial charge is 0.440 e. The highest BCUT2D eigenvalue weighted by atomic mass is 35.5. The molecule has 0 radical (unpaired) electrons. The third-order valence-corrected chi connectivity index (χ3v) is 6.97. The average molecular weight is 497 g/mol. The third-order valence-electron chi connectivity index (χ3n) is 5.77. The van der Waals surface area contributed by atoms with E-state index in [1.54, 1.807) is 10.8 Å². The lowest BCUT2D eigenvalue weighted by molar-refractivity contribution is 0.0368. The first-order valence-electron chi connectivity index (χ1n) is 11.3. The second-order valence-electron chi connectivity index (χ2n) is 8.09. The van der Waals surface area contributed by atoms with Gasteiger partial charge in [0.05, 0.1) is 36.1 Å². The molecule has 5 rings (SSSR count). The molecule has 176 valence electrons. The number of halogens is 1. The van der Waals surface area contributed by atoms with Crippen molar-refractivity contribution >= 4 is 34.3 Å². The maximum absolute atomic E-state index is 13.3. The van der Waals surface area contributed by atoms with E-state index >= 15 is 0 Å². The van der Waals surface area contributed by atoms with Gasteiger partial charge in [-0.25, -0.2) is 9.97 Å². The Morgan fingerprint density at radius 3 is 2.76 bits per heavy atom. The summed E-state index contributed by atoms with van der Waals surface area (Å²) in [5, 5.41) is 1.96. The second kappa shape index (κ2) is 10.7. The van der Waals surface area contributed by atoms with Gasteiger partial charge in [-0.15, -0.1) is 0 Å². The van der Waals surface area contributed by atoms with Gasteiger partial charge in [0.15, 0.2) is 10.9 Å². The highest BCUT2D eigenvalue weighted by Gasteiger charge is 2.15. The molecular weight excluding hydrogens is 472 g/mol. The van der Waals surface area contributed by atoms with Gasteiger partial charge in [-0.1, -0.05) is 47.6 Å². The molecule has 1 saturated heterocycles. The SMILES string of the molecule is O=c1c2ccccc2nc(SCc2ncc(-c3cccc(Cl)c3)o2)n1CCCN1CCOCC1. The molecule has 2 aromatic heterocycles. The van der Waals surface area contributed by atoms with Gasteiger partial charge in [-0.3, -0.25) is 14.3 Å². The summed E-state index contributed by atoms with van der Waals surface area (Å²) >= 11 is 7.56. The molecule has 0 N–H and O–H groups in total. The monoisotopic (exact) mass is 496 g/mol. The number of ether oxygens (including phenoxy) is 1. The summed E-state index contributed by atoms with van der Waals surface area (Å²) in [6.45, 7) is 4.94. The summed E-state index contributed by atoms with van der Waals surface area (Å²) in [7, 11) is 0. The molecule has 0 spiro atoms. The Labute approximate surface area is 206 Å². The summed E-state index contributed by atoms with van der Waals surface area (Å²) in [6.07, 6.45) is 2.57. The first-order chi connectivity index (χ1) is 16.7. The number of nitrogens with zero attached hydrogens (tertiary/aromatic N) is 4. The van der Waals surface area contributed by atoms with Gasteiger partial charge in [0, 0.05) is 36.8 Å². The zero-order valence-corrected chi connectivity index (χ0v) is 20.2. The van der Waals surface area contributed by atoms with Crippen LogP contribution >= 0.6 is 23.4 Å². The lowest BCUT2D eigenvalue weighted by Crippen LogP contribution is -2.37. The molecule has 9 heteroatoms. The number of fused-ring (bicyclic) bond motifs is 1. The molecule has 0 saturated carbocycles. The van der Waals surface area contributed by atoms with E-state index in [4.69, 9.17) is 25.7 Å². The average Bonchev–Trinajstić information content (AvgIpc) is 3.34. The van der Waals surface area contributed by atoms with Crippen LogP contribution in [0.4, 0.5) is 0 Å². The number of benzene rings is 2. The van der Waals surface area contributed by atoms with Crippen molar-refractivity contribution in [2.45, 2.75) is 23.9 Å². The first kappa shape index (κ1) is 23.1. The Morgan fingerprint density at radius 1 is 1.06 bits per heavy atom. The van der Waals surface area contributed by atoms with E-state index in [-0.39, 0.29) is 5.56 Å². The Hall–Kier alpha value is -2.65. The maximum Gasteiger partial charge on any atom is 0.262 e. The molecule has 7 nitrogen and oxygen atoms in total. The van der Waals surface area contributed by atoms with Crippen molar-refractivity contribution in [2.24, 2.45) is 0 Å². The minimum absolute atomic E-state index is 0.0119. The van der Waals surface area contributed by atoms with Crippen molar-refractivity contribution in [1.82, 2.24) is 19.4 Å². The standard InChI is InChI=1S/C25H25ClN4O3S/c26-19-6-3-5-18(15-19)22-16-27-23(33-22)17-34-25-28-21-8-2-1-7-20(21)24(31)30(25)10-4-9-29-11-13-32-14-12-29/h1-3,5-8,15-16H,4,9-14,17H2. The van der Waals surface area contributed by atoms with Crippen LogP contribution in [0.3, 0.4) is 0 Å². The molecule has 1 fully saturated rings. The van der Waals surface area contributed by atoms with E-state index in [1.807, 2.05) is 48.5 Å². The maximum atomic E-state index is 13.3. The van der Waals surface area contributed by atoms with Gasteiger partial charge < -0.3 is 9.15 Å². The van der Waals surface area contributed by atoms with Gasteiger partial charge in [0.25, 0.3) is 5.56 Å². The lowest BCUT2D eigenvalue weighted by atomic mass is 10.2. The van der Waals surface area contributed by atoms with Crippen LogP contribution < -0.4 is 5.56 Å². The minimum Gasteiger partial charge on any atom is -0.440 e. The summed E-state index contributed by atoms with van der Waals surface area (Å²) in [5.41, 5.74) is 1.56. The second-order valence-corrected chi connectivity index (χ2v) is 9.47. The van der Waals surface area contributed by atoms with E-state index in [0.717, 1.165) is 44.8 Å². The molecule has 1 aliphatic heterocycles. The fraction of sp³-hybridized carbons (Fsp3) is 0.320. The summed E-state index contributed by atoms with van der Waals surface area (Å²) in [4.78, 5) is 24.9. The van der Waals surface area contributed by atoms with Crippen LogP contribution in [0.2, 0.25) is 5.02 Å². The Morgan fingerprint density at radius 2 is 1.91 bits per heavy atom.